The van der Waals surface area contributed by atoms with Crippen LogP contribution in [0.5, 0.6) is 0 Å². The number of pyridine rings is 1. The fourth-order valence-corrected chi connectivity index (χ4v) is 2.83. The van der Waals surface area contributed by atoms with Gasteiger partial charge in [0.15, 0.2) is 0 Å². The molecule has 2 heterocycles. The first-order chi connectivity index (χ1) is 9.95. The van der Waals surface area contributed by atoms with Crippen molar-refractivity contribution in [1.29, 1.82) is 0 Å². The van der Waals surface area contributed by atoms with Gasteiger partial charge in [-0.3, -0.25) is 4.98 Å². The summed E-state index contributed by atoms with van der Waals surface area (Å²) in [4.78, 5) is 4.30. The van der Waals surface area contributed by atoms with Gasteiger partial charge in [0.25, 0.3) is 0 Å². The second kappa shape index (κ2) is 5.18. The molecule has 1 saturated heterocycles. The molecule has 0 amide bonds. The van der Waals surface area contributed by atoms with Crippen molar-refractivity contribution in [1.82, 2.24) is 10.3 Å². The normalized spacial score (nSPS) is 17.3. The molecule has 0 unspecified atom stereocenters. The number of hydrogen-bond acceptors (Lipinski definition) is 3. The number of nitrogens with zero attached hydrogens (tertiary/aromatic N) is 1. The summed E-state index contributed by atoms with van der Waals surface area (Å²) in [6.07, 6.45) is -2.66. The van der Waals surface area contributed by atoms with Crippen LogP contribution >= 0.6 is 0 Å². The van der Waals surface area contributed by atoms with Crippen molar-refractivity contribution in [2.45, 2.75) is 24.9 Å². The van der Waals surface area contributed by atoms with Crippen molar-refractivity contribution in [3.8, 4) is 0 Å². The lowest BCUT2D eigenvalue weighted by molar-refractivity contribution is -0.136. The Morgan fingerprint density at radius 2 is 1.86 bits per heavy atom. The smallest absolute Gasteiger partial charge is 0.399 e. The molecule has 1 fully saturated rings. The van der Waals surface area contributed by atoms with E-state index in [4.69, 9.17) is 5.73 Å². The zero-order valence-electron chi connectivity index (χ0n) is 11.4. The highest BCUT2D eigenvalue weighted by Gasteiger charge is 2.34. The van der Waals surface area contributed by atoms with Crippen molar-refractivity contribution in [2.75, 3.05) is 18.8 Å². The zero-order chi connectivity index (χ0) is 15.0. The minimum Gasteiger partial charge on any atom is -0.399 e. The van der Waals surface area contributed by atoms with Gasteiger partial charge < -0.3 is 11.1 Å². The van der Waals surface area contributed by atoms with E-state index in [0.29, 0.717) is 5.39 Å². The molecule has 0 aliphatic carbocycles. The van der Waals surface area contributed by atoms with E-state index in [1.54, 1.807) is 6.07 Å². The highest BCUT2D eigenvalue weighted by atomic mass is 19.4. The molecule has 0 spiro atoms. The summed E-state index contributed by atoms with van der Waals surface area (Å²) in [5.41, 5.74) is 5.64. The van der Waals surface area contributed by atoms with Gasteiger partial charge in [-0.25, -0.2) is 0 Å². The summed E-state index contributed by atoms with van der Waals surface area (Å²) < 4.78 is 39.5. The number of nitrogens with one attached hydrogen (secondary N) is 1. The van der Waals surface area contributed by atoms with E-state index in [1.807, 2.05) is 6.07 Å². The largest absolute Gasteiger partial charge is 0.418 e. The molecule has 0 atom stereocenters. The van der Waals surface area contributed by atoms with Crippen LogP contribution in [0.25, 0.3) is 10.9 Å². The zero-order valence-corrected chi connectivity index (χ0v) is 11.4. The van der Waals surface area contributed by atoms with Crippen molar-refractivity contribution in [3.63, 3.8) is 0 Å². The van der Waals surface area contributed by atoms with Gasteiger partial charge in [-0.15, -0.1) is 0 Å². The Hall–Kier alpha value is -1.82. The summed E-state index contributed by atoms with van der Waals surface area (Å²) in [5.74, 6) is 0.217. The van der Waals surface area contributed by atoms with E-state index < -0.39 is 11.7 Å². The Morgan fingerprint density at radius 1 is 1.14 bits per heavy atom. The van der Waals surface area contributed by atoms with Crippen molar-refractivity contribution >= 4 is 16.6 Å². The standard InChI is InChI=1S/C15H16F3N3/c16-15(17,18)12-8-11(19)7-10-1-2-13(21-14(10)12)9-3-5-20-6-4-9/h1-2,7-9,20H,3-6,19H2. The minimum absolute atomic E-state index is 0.00673. The lowest BCUT2D eigenvalue weighted by atomic mass is 9.93. The molecular formula is C15H16F3N3. The quantitative estimate of drug-likeness (QED) is 0.794. The summed E-state index contributed by atoms with van der Waals surface area (Å²) in [6, 6.07) is 5.99. The molecular weight excluding hydrogens is 279 g/mol. The molecule has 1 aromatic heterocycles. The Kier molecular flexibility index (Phi) is 3.49. The molecule has 1 aromatic carbocycles. The Bertz CT molecular complexity index is 661. The van der Waals surface area contributed by atoms with Crippen LogP contribution in [-0.4, -0.2) is 18.1 Å². The average Bonchev–Trinajstić information content (AvgIpc) is 2.46. The number of rotatable bonds is 1. The third-order valence-corrected chi connectivity index (χ3v) is 3.90. The van der Waals surface area contributed by atoms with E-state index in [1.165, 1.54) is 6.07 Å². The molecule has 0 bridgehead atoms. The summed E-state index contributed by atoms with van der Waals surface area (Å²) in [7, 11) is 0. The third kappa shape index (κ3) is 2.81. The van der Waals surface area contributed by atoms with Crippen LogP contribution in [0, 0.1) is 0 Å². The van der Waals surface area contributed by atoms with Gasteiger partial charge in [-0.2, -0.15) is 13.2 Å². The molecule has 3 rings (SSSR count). The minimum atomic E-state index is -4.45. The number of nitrogen functional groups attached to an aromatic ring is 1. The number of hydrogen-bond donors (Lipinski definition) is 2. The molecule has 0 saturated carbocycles. The maximum absolute atomic E-state index is 13.2. The van der Waals surface area contributed by atoms with E-state index in [2.05, 4.69) is 10.3 Å². The molecule has 0 radical (unpaired) electrons. The summed E-state index contributed by atoms with van der Waals surface area (Å²) in [5, 5.41) is 3.67. The number of benzene rings is 1. The van der Waals surface area contributed by atoms with Gasteiger partial charge in [0.2, 0.25) is 0 Å². The van der Waals surface area contributed by atoms with Crippen LogP contribution in [0.3, 0.4) is 0 Å². The predicted molar refractivity (Wildman–Crippen MR) is 76.0 cm³/mol. The van der Waals surface area contributed by atoms with Crippen LogP contribution in [0.1, 0.15) is 30.0 Å². The van der Waals surface area contributed by atoms with Crippen LogP contribution in [-0.2, 0) is 6.18 Å². The van der Waals surface area contributed by atoms with Gasteiger partial charge in [0.1, 0.15) is 0 Å². The maximum atomic E-state index is 13.2. The van der Waals surface area contributed by atoms with Gasteiger partial charge in [0, 0.05) is 22.7 Å². The second-order valence-electron chi connectivity index (χ2n) is 5.40. The Morgan fingerprint density at radius 3 is 2.52 bits per heavy atom. The fourth-order valence-electron chi connectivity index (χ4n) is 2.83. The lowest BCUT2D eigenvalue weighted by Gasteiger charge is -2.22. The van der Waals surface area contributed by atoms with E-state index >= 15 is 0 Å². The molecule has 6 heteroatoms. The molecule has 21 heavy (non-hydrogen) atoms. The molecule has 112 valence electrons. The molecule has 3 N–H and O–H groups in total. The second-order valence-corrected chi connectivity index (χ2v) is 5.40. The number of aromatic nitrogens is 1. The Balaban J connectivity index is 2.13. The Labute approximate surface area is 120 Å². The fraction of sp³-hybridized carbons (Fsp3) is 0.400. The SMILES string of the molecule is Nc1cc(C(F)(F)F)c2nc(C3CCNCC3)ccc2c1. The first-order valence-electron chi connectivity index (χ1n) is 6.93. The van der Waals surface area contributed by atoms with Gasteiger partial charge in [-0.1, -0.05) is 6.07 Å². The van der Waals surface area contributed by atoms with E-state index in [0.717, 1.165) is 37.7 Å². The molecule has 1 aliphatic heterocycles. The van der Waals surface area contributed by atoms with E-state index in [-0.39, 0.29) is 17.1 Å². The third-order valence-electron chi connectivity index (χ3n) is 3.90. The van der Waals surface area contributed by atoms with Crippen LogP contribution in [0.15, 0.2) is 24.3 Å². The predicted octanol–water partition coefficient (Wildman–Crippen LogP) is 3.30. The molecule has 3 nitrogen and oxygen atoms in total. The van der Waals surface area contributed by atoms with Crippen molar-refractivity contribution in [3.05, 3.63) is 35.5 Å². The molecule has 1 aliphatic rings. The summed E-state index contributed by atoms with van der Waals surface area (Å²) in [6.45, 7) is 1.75. The van der Waals surface area contributed by atoms with E-state index in [9.17, 15) is 13.2 Å². The lowest BCUT2D eigenvalue weighted by Crippen LogP contribution is -2.27. The number of alkyl halides is 3. The maximum Gasteiger partial charge on any atom is 0.418 e. The van der Waals surface area contributed by atoms with Gasteiger partial charge >= 0.3 is 6.18 Å². The highest BCUT2D eigenvalue weighted by Crippen LogP contribution is 2.36. The van der Waals surface area contributed by atoms with Gasteiger partial charge in [0.05, 0.1) is 11.1 Å². The topological polar surface area (TPSA) is 50.9 Å². The number of nitrogens with two attached hydrogens (primary N) is 1. The van der Waals surface area contributed by atoms with Gasteiger partial charge in [-0.05, 0) is 44.1 Å². The van der Waals surface area contributed by atoms with Crippen LogP contribution in [0.2, 0.25) is 0 Å². The number of fused-ring (bicyclic) bond motifs is 1. The number of halogens is 3. The first-order valence-corrected chi connectivity index (χ1v) is 6.93. The van der Waals surface area contributed by atoms with Crippen LogP contribution in [0.4, 0.5) is 18.9 Å². The average molecular weight is 295 g/mol. The molecule has 2 aromatic rings. The van der Waals surface area contributed by atoms with Crippen molar-refractivity contribution in [2.24, 2.45) is 0 Å². The van der Waals surface area contributed by atoms with Crippen LogP contribution < -0.4 is 11.1 Å². The summed E-state index contributed by atoms with van der Waals surface area (Å²) >= 11 is 0. The van der Waals surface area contributed by atoms with Crippen molar-refractivity contribution < 1.29 is 13.2 Å². The monoisotopic (exact) mass is 295 g/mol. The highest BCUT2D eigenvalue weighted by molar-refractivity contribution is 5.86. The number of piperidine rings is 1. The number of anilines is 1. The first kappa shape index (κ1) is 14.1.